The van der Waals surface area contributed by atoms with Gasteiger partial charge in [0.1, 0.15) is 5.82 Å². The third kappa shape index (κ3) is 6.67. The topological polar surface area (TPSA) is 147 Å². The van der Waals surface area contributed by atoms with Crippen LogP contribution in [0.5, 0.6) is 0 Å². The molecule has 0 atom stereocenters. The minimum Gasteiger partial charge on any atom is -0.358 e. The number of rotatable bonds is 9. The molecule has 10 nitrogen and oxygen atoms in total. The van der Waals surface area contributed by atoms with Gasteiger partial charge in [-0.05, 0) is 75.1 Å². The molecule has 39 heavy (non-hydrogen) atoms. The molecule has 0 unspecified atom stereocenters. The summed E-state index contributed by atoms with van der Waals surface area (Å²) in [5.41, 5.74) is 4.71. The highest BCUT2D eigenvalue weighted by molar-refractivity contribution is 6.34. The van der Waals surface area contributed by atoms with Crippen LogP contribution in [-0.2, 0) is 4.79 Å². The highest BCUT2D eigenvalue weighted by atomic mass is 19.1. The summed E-state index contributed by atoms with van der Waals surface area (Å²) in [5.74, 6) is -0.581. The fourth-order valence-corrected chi connectivity index (χ4v) is 4.34. The number of carbonyl (C=O) groups is 2. The van der Waals surface area contributed by atoms with E-state index in [1.54, 1.807) is 37.5 Å². The Morgan fingerprint density at radius 2 is 1.97 bits per heavy atom. The van der Waals surface area contributed by atoms with Gasteiger partial charge < -0.3 is 20.9 Å². The summed E-state index contributed by atoms with van der Waals surface area (Å²) in [5, 5.41) is 20.2. The Labute approximate surface area is 225 Å². The van der Waals surface area contributed by atoms with Crippen LogP contribution in [0.4, 0.5) is 15.8 Å². The van der Waals surface area contributed by atoms with Crippen LogP contribution < -0.4 is 21.3 Å². The average Bonchev–Trinajstić information content (AvgIpc) is 3.37. The summed E-state index contributed by atoms with van der Waals surface area (Å²) in [7, 11) is 0. The Bertz CT molecular complexity index is 1470. The number of nitrogens with one attached hydrogen (secondary N) is 5. The van der Waals surface area contributed by atoms with Gasteiger partial charge in [-0.15, -0.1) is 0 Å². The zero-order valence-corrected chi connectivity index (χ0v) is 21.7. The zero-order chi connectivity index (χ0) is 27.8. The number of H-pyrrole nitrogens is 1. The van der Waals surface area contributed by atoms with Crippen LogP contribution >= 0.6 is 0 Å². The number of halogens is 1. The smallest absolute Gasteiger partial charge is 0.256 e. The zero-order valence-electron chi connectivity index (χ0n) is 21.7. The van der Waals surface area contributed by atoms with E-state index in [0.29, 0.717) is 58.4 Å². The molecule has 3 aromatic rings. The summed E-state index contributed by atoms with van der Waals surface area (Å²) < 4.78 is 13.8. The van der Waals surface area contributed by atoms with Gasteiger partial charge in [-0.3, -0.25) is 24.9 Å². The number of hydrogen-bond donors (Lipinski definition) is 5. The van der Waals surface area contributed by atoms with E-state index in [-0.39, 0.29) is 11.8 Å². The average molecular weight is 529 g/mol. The number of pyridine rings is 1. The van der Waals surface area contributed by atoms with Gasteiger partial charge in [0.05, 0.1) is 11.1 Å². The van der Waals surface area contributed by atoms with Gasteiger partial charge in [-0.25, -0.2) is 4.39 Å². The standard InChI is InChI=1S/C28H29FN8O2/c1-17-24(15-22-21-14-19(29)6-7-23(21)37-26(22)38)35-18(2)25(17)27(39)32-10-4-3-5-11-33-28(34-16-30)36-20-8-12-31-13-9-20/h6-9,12-15,35H,3-5,10-11H2,1-2H3,(H,32,39)(H,37,38)(H2,31,33,34,36)/b22-15-. The minimum atomic E-state index is -0.427. The summed E-state index contributed by atoms with van der Waals surface area (Å²) >= 11 is 0. The van der Waals surface area contributed by atoms with E-state index in [1.807, 2.05) is 13.1 Å². The van der Waals surface area contributed by atoms with Crippen LogP contribution in [0.3, 0.4) is 0 Å². The lowest BCUT2D eigenvalue weighted by atomic mass is 10.0. The molecule has 2 amide bonds. The molecule has 3 heterocycles. The van der Waals surface area contributed by atoms with E-state index >= 15 is 0 Å². The van der Waals surface area contributed by atoms with E-state index in [4.69, 9.17) is 5.26 Å². The summed E-state index contributed by atoms with van der Waals surface area (Å²) in [6.45, 7) is 4.63. The lowest BCUT2D eigenvalue weighted by Crippen LogP contribution is -2.27. The van der Waals surface area contributed by atoms with E-state index in [0.717, 1.165) is 24.9 Å². The number of aryl methyl sites for hydroxylation is 1. The number of fused-ring (bicyclic) bond motifs is 1. The molecule has 1 aliphatic heterocycles. The third-order valence-corrected chi connectivity index (χ3v) is 6.26. The molecule has 0 aliphatic carbocycles. The quantitative estimate of drug-likeness (QED) is 0.0706. The van der Waals surface area contributed by atoms with Crippen molar-refractivity contribution in [3.63, 3.8) is 0 Å². The Kier molecular flexibility index (Phi) is 8.68. The highest BCUT2D eigenvalue weighted by Gasteiger charge is 2.26. The molecular formula is C28H29FN8O2. The van der Waals surface area contributed by atoms with Crippen molar-refractivity contribution in [2.75, 3.05) is 23.7 Å². The SMILES string of the molecule is Cc1[nH]c(/C=C2\C(=O)Nc3ccc(F)cc32)c(C)c1C(=O)NCCCCCN=C(NC#N)Nc1ccncc1. The predicted molar refractivity (Wildman–Crippen MR) is 148 cm³/mol. The molecule has 2 aromatic heterocycles. The van der Waals surface area contributed by atoms with Gasteiger partial charge in [0.25, 0.3) is 11.8 Å². The molecule has 5 N–H and O–H groups in total. The van der Waals surface area contributed by atoms with Crippen molar-refractivity contribution in [2.24, 2.45) is 4.99 Å². The van der Waals surface area contributed by atoms with Gasteiger partial charge in [-0.2, -0.15) is 5.26 Å². The number of aliphatic imine (C=N–C) groups is 1. The summed E-state index contributed by atoms with van der Waals surface area (Å²) in [6.07, 6.45) is 9.20. The molecule has 4 rings (SSSR count). The lowest BCUT2D eigenvalue weighted by molar-refractivity contribution is -0.110. The Morgan fingerprint density at radius 3 is 2.74 bits per heavy atom. The number of hydrogen-bond acceptors (Lipinski definition) is 5. The lowest BCUT2D eigenvalue weighted by Gasteiger charge is -2.08. The molecule has 0 fully saturated rings. The fourth-order valence-electron chi connectivity index (χ4n) is 4.34. The maximum absolute atomic E-state index is 13.8. The van der Waals surface area contributed by atoms with Crippen molar-refractivity contribution < 1.29 is 14.0 Å². The van der Waals surface area contributed by atoms with Crippen LogP contribution in [-0.4, -0.2) is 40.8 Å². The number of aromatic nitrogens is 2. The third-order valence-electron chi connectivity index (χ3n) is 6.26. The number of nitrogens with zero attached hydrogens (tertiary/aromatic N) is 3. The predicted octanol–water partition coefficient (Wildman–Crippen LogP) is 4.10. The van der Waals surface area contributed by atoms with Crippen LogP contribution in [0.2, 0.25) is 0 Å². The maximum atomic E-state index is 13.8. The first-order valence-electron chi connectivity index (χ1n) is 12.5. The molecule has 0 radical (unpaired) electrons. The van der Waals surface area contributed by atoms with E-state index in [1.165, 1.54) is 18.2 Å². The van der Waals surface area contributed by atoms with Crippen LogP contribution in [0, 0.1) is 31.1 Å². The monoisotopic (exact) mass is 528 g/mol. The number of carbonyl (C=O) groups excluding carboxylic acids is 2. The second-order valence-corrected chi connectivity index (χ2v) is 9.01. The largest absolute Gasteiger partial charge is 0.358 e. The molecular weight excluding hydrogens is 499 g/mol. The van der Waals surface area contributed by atoms with Crippen molar-refractivity contribution >= 4 is 40.8 Å². The van der Waals surface area contributed by atoms with Gasteiger partial charge in [0, 0.05) is 53.8 Å². The Morgan fingerprint density at radius 1 is 1.18 bits per heavy atom. The number of anilines is 2. The number of unbranched alkanes of at least 4 members (excludes halogenated alkanes) is 2. The number of guanidine groups is 1. The van der Waals surface area contributed by atoms with E-state index in [9.17, 15) is 14.0 Å². The molecule has 200 valence electrons. The van der Waals surface area contributed by atoms with Crippen molar-refractivity contribution in [3.8, 4) is 6.19 Å². The molecule has 11 heteroatoms. The number of amides is 2. The second-order valence-electron chi connectivity index (χ2n) is 9.01. The Hall–Kier alpha value is -4.98. The molecule has 1 aromatic carbocycles. The van der Waals surface area contributed by atoms with Gasteiger partial charge >= 0.3 is 0 Å². The van der Waals surface area contributed by atoms with Gasteiger partial charge in [0.15, 0.2) is 6.19 Å². The van der Waals surface area contributed by atoms with Crippen molar-refractivity contribution in [3.05, 3.63) is 76.6 Å². The molecule has 0 saturated carbocycles. The van der Waals surface area contributed by atoms with Crippen LogP contribution in [0.15, 0.2) is 47.7 Å². The summed E-state index contributed by atoms with van der Waals surface area (Å²) in [4.78, 5) is 36.9. The molecule has 0 spiro atoms. The first kappa shape index (κ1) is 27.1. The van der Waals surface area contributed by atoms with E-state index < -0.39 is 5.82 Å². The van der Waals surface area contributed by atoms with Crippen LogP contribution in [0.1, 0.15) is 52.1 Å². The number of aromatic amines is 1. The van der Waals surface area contributed by atoms with Gasteiger partial charge in [-0.1, -0.05) is 0 Å². The van der Waals surface area contributed by atoms with Gasteiger partial charge in [0.2, 0.25) is 5.96 Å². The Balaban J connectivity index is 1.29. The second kappa shape index (κ2) is 12.5. The fraction of sp³-hybridized carbons (Fsp3) is 0.250. The first-order chi connectivity index (χ1) is 18.9. The molecule has 0 saturated heterocycles. The molecule has 1 aliphatic rings. The minimum absolute atomic E-state index is 0.201. The van der Waals surface area contributed by atoms with Crippen LogP contribution in [0.25, 0.3) is 11.6 Å². The first-order valence-corrected chi connectivity index (χ1v) is 12.5. The normalized spacial score (nSPS) is 13.5. The van der Waals surface area contributed by atoms with Crippen molar-refractivity contribution in [1.29, 1.82) is 5.26 Å². The molecule has 0 bridgehead atoms. The highest BCUT2D eigenvalue weighted by Crippen LogP contribution is 2.34. The number of nitriles is 1. The summed E-state index contributed by atoms with van der Waals surface area (Å²) in [6, 6.07) is 7.70. The van der Waals surface area contributed by atoms with Crippen molar-refractivity contribution in [2.45, 2.75) is 33.1 Å². The maximum Gasteiger partial charge on any atom is 0.256 e. The number of benzene rings is 1. The van der Waals surface area contributed by atoms with E-state index in [2.05, 4.69) is 36.2 Å². The van der Waals surface area contributed by atoms with Crippen molar-refractivity contribution in [1.82, 2.24) is 20.6 Å².